The lowest BCUT2D eigenvalue weighted by molar-refractivity contribution is -0.137. The van der Waals surface area contributed by atoms with E-state index in [-0.39, 0.29) is 11.6 Å². The third kappa shape index (κ3) is 5.73. The topological polar surface area (TPSA) is 58.4 Å². The van der Waals surface area contributed by atoms with Crippen molar-refractivity contribution in [2.45, 2.75) is 44.7 Å². The summed E-state index contributed by atoms with van der Waals surface area (Å²) in [5, 5.41) is 2.81. The van der Waals surface area contributed by atoms with Crippen LogP contribution in [0.4, 0.5) is 13.2 Å². The average Bonchev–Trinajstić information content (AvgIpc) is 3.50. The predicted molar refractivity (Wildman–Crippen MR) is 108 cm³/mol. The van der Waals surface area contributed by atoms with Crippen LogP contribution in [0.1, 0.15) is 45.9 Å². The number of carbonyl (C=O) groups is 1. The van der Waals surface area contributed by atoms with Crippen molar-refractivity contribution >= 4 is 5.91 Å². The Balaban J connectivity index is 1.36. The fourth-order valence-electron chi connectivity index (χ4n) is 3.32. The zero-order valence-corrected chi connectivity index (χ0v) is 16.7. The number of nitrogens with zero attached hydrogens (tertiary/aromatic N) is 2. The molecule has 0 bridgehead atoms. The summed E-state index contributed by atoms with van der Waals surface area (Å²) in [5.74, 6) is 0.0863. The molecule has 1 amide bonds. The minimum atomic E-state index is -4.34. The van der Waals surface area contributed by atoms with E-state index in [2.05, 4.69) is 15.2 Å². The number of hydrogen-bond donors (Lipinski definition) is 1. The minimum absolute atomic E-state index is 0.205. The van der Waals surface area contributed by atoms with Gasteiger partial charge in [-0.05, 0) is 36.1 Å². The molecular weight excluding hydrogens is 407 g/mol. The van der Waals surface area contributed by atoms with Crippen molar-refractivity contribution in [3.63, 3.8) is 0 Å². The van der Waals surface area contributed by atoms with Gasteiger partial charge in [-0.1, -0.05) is 42.5 Å². The predicted octanol–water partition coefficient (Wildman–Crippen LogP) is 4.79. The molecule has 3 aromatic rings. The molecule has 0 spiro atoms. The third-order valence-electron chi connectivity index (χ3n) is 5.15. The summed E-state index contributed by atoms with van der Waals surface area (Å²) in [5.41, 5.74) is 1.31. The Hall–Kier alpha value is -3.13. The van der Waals surface area contributed by atoms with Gasteiger partial charge >= 0.3 is 6.18 Å². The van der Waals surface area contributed by atoms with E-state index >= 15 is 0 Å². The number of aromatic nitrogens is 1. The molecule has 1 heterocycles. The SMILES string of the molecule is O=C(NCc1ccccc1)c1coc(CN(Cc2ccc(C(F)(F)F)cc2)C2CC2)n1. The monoisotopic (exact) mass is 429 g/mol. The van der Waals surface area contributed by atoms with Crippen LogP contribution >= 0.6 is 0 Å². The summed E-state index contributed by atoms with van der Waals surface area (Å²) in [6.07, 6.45) is -0.972. The normalized spacial score (nSPS) is 14.1. The second-order valence-corrected chi connectivity index (χ2v) is 7.63. The van der Waals surface area contributed by atoms with E-state index in [0.717, 1.165) is 36.1 Å². The molecule has 1 aromatic heterocycles. The van der Waals surface area contributed by atoms with E-state index in [9.17, 15) is 18.0 Å². The Bertz CT molecular complexity index is 1010. The van der Waals surface area contributed by atoms with E-state index in [1.807, 2.05) is 30.3 Å². The van der Waals surface area contributed by atoms with E-state index in [1.54, 1.807) is 0 Å². The van der Waals surface area contributed by atoms with E-state index in [0.29, 0.717) is 31.6 Å². The zero-order chi connectivity index (χ0) is 21.8. The van der Waals surface area contributed by atoms with Gasteiger partial charge in [-0.2, -0.15) is 13.2 Å². The number of nitrogens with one attached hydrogen (secondary N) is 1. The minimum Gasteiger partial charge on any atom is -0.447 e. The van der Waals surface area contributed by atoms with Crippen LogP contribution in [0.3, 0.4) is 0 Å². The van der Waals surface area contributed by atoms with E-state index in [4.69, 9.17) is 4.42 Å². The lowest BCUT2D eigenvalue weighted by atomic mass is 10.1. The van der Waals surface area contributed by atoms with Gasteiger partial charge in [0.1, 0.15) is 6.26 Å². The van der Waals surface area contributed by atoms with Gasteiger partial charge in [0, 0.05) is 19.1 Å². The summed E-state index contributed by atoms with van der Waals surface area (Å²) in [6, 6.07) is 15.1. The van der Waals surface area contributed by atoms with Crippen LogP contribution in [0.25, 0.3) is 0 Å². The number of alkyl halides is 3. The smallest absolute Gasteiger partial charge is 0.416 e. The number of oxazole rings is 1. The van der Waals surface area contributed by atoms with Gasteiger partial charge in [-0.25, -0.2) is 4.98 Å². The van der Waals surface area contributed by atoms with Crippen LogP contribution in [0.15, 0.2) is 65.3 Å². The molecule has 8 heteroatoms. The quantitative estimate of drug-likeness (QED) is 0.560. The Labute approximate surface area is 177 Å². The molecule has 1 N–H and O–H groups in total. The summed E-state index contributed by atoms with van der Waals surface area (Å²) < 4.78 is 43.8. The van der Waals surface area contributed by atoms with Crippen molar-refractivity contribution < 1.29 is 22.4 Å². The third-order valence-corrected chi connectivity index (χ3v) is 5.15. The molecule has 5 nitrogen and oxygen atoms in total. The lowest BCUT2D eigenvalue weighted by Crippen LogP contribution is -2.26. The standard InChI is InChI=1S/C23H22F3N3O2/c24-23(25,26)18-8-6-17(7-9-18)13-29(19-10-11-19)14-21-28-20(15-31-21)22(30)27-12-16-4-2-1-3-5-16/h1-9,15,19H,10-14H2,(H,27,30). The van der Waals surface area contributed by atoms with Gasteiger partial charge in [-0.3, -0.25) is 9.69 Å². The molecule has 4 rings (SSSR count). The Morgan fingerprint density at radius 2 is 1.74 bits per heavy atom. The van der Waals surface area contributed by atoms with Gasteiger partial charge in [0.15, 0.2) is 5.69 Å². The number of amides is 1. The summed E-state index contributed by atoms with van der Waals surface area (Å²) in [4.78, 5) is 18.7. The number of benzene rings is 2. The molecule has 0 radical (unpaired) electrons. The maximum Gasteiger partial charge on any atom is 0.416 e. The highest BCUT2D eigenvalue weighted by Crippen LogP contribution is 2.32. The molecule has 1 fully saturated rings. The number of rotatable bonds is 8. The molecule has 0 unspecified atom stereocenters. The van der Waals surface area contributed by atoms with Crippen LogP contribution in [0, 0.1) is 0 Å². The van der Waals surface area contributed by atoms with Gasteiger partial charge in [0.25, 0.3) is 5.91 Å². The molecule has 1 aliphatic rings. The number of carbonyl (C=O) groups excluding carboxylic acids is 1. The molecule has 0 saturated heterocycles. The molecular formula is C23H22F3N3O2. The fraction of sp³-hybridized carbons (Fsp3) is 0.304. The number of halogens is 3. The summed E-state index contributed by atoms with van der Waals surface area (Å²) in [7, 11) is 0. The molecule has 31 heavy (non-hydrogen) atoms. The first-order chi connectivity index (χ1) is 14.9. The molecule has 2 aromatic carbocycles. The average molecular weight is 429 g/mol. The largest absolute Gasteiger partial charge is 0.447 e. The van der Waals surface area contributed by atoms with E-state index in [1.165, 1.54) is 18.4 Å². The molecule has 0 aliphatic heterocycles. The second-order valence-electron chi connectivity index (χ2n) is 7.63. The first-order valence-corrected chi connectivity index (χ1v) is 10.1. The lowest BCUT2D eigenvalue weighted by Gasteiger charge is -2.20. The highest BCUT2D eigenvalue weighted by Gasteiger charge is 2.32. The van der Waals surface area contributed by atoms with Crippen LogP contribution in [-0.2, 0) is 25.8 Å². The molecule has 0 atom stereocenters. The van der Waals surface area contributed by atoms with Crippen molar-refractivity contribution in [1.29, 1.82) is 0 Å². The number of hydrogen-bond acceptors (Lipinski definition) is 4. The van der Waals surface area contributed by atoms with Crippen molar-refractivity contribution in [3.05, 3.63) is 89.1 Å². The maximum absolute atomic E-state index is 12.8. The van der Waals surface area contributed by atoms with Gasteiger partial charge in [-0.15, -0.1) is 0 Å². The molecule has 162 valence electrons. The maximum atomic E-state index is 12.8. The Morgan fingerprint density at radius 1 is 1.03 bits per heavy atom. The summed E-state index contributed by atoms with van der Waals surface area (Å²) in [6.45, 7) is 1.27. The van der Waals surface area contributed by atoms with Crippen molar-refractivity contribution in [2.24, 2.45) is 0 Å². The fourth-order valence-corrected chi connectivity index (χ4v) is 3.32. The van der Waals surface area contributed by atoms with Crippen LogP contribution in [0.2, 0.25) is 0 Å². The van der Waals surface area contributed by atoms with Gasteiger partial charge in [0.2, 0.25) is 5.89 Å². The first-order valence-electron chi connectivity index (χ1n) is 10.1. The van der Waals surface area contributed by atoms with Gasteiger partial charge < -0.3 is 9.73 Å². The zero-order valence-electron chi connectivity index (χ0n) is 16.7. The Kier molecular flexibility index (Phi) is 6.08. The highest BCUT2D eigenvalue weighted by atomic mass is 19.4. The van der Waals surface area contributed by atoms with Gasteiger partial charge in [0.05, 0.1) is 12.1 Å². The van der Waals surface area contributed by atoms with Crippen LogP contribution in [-0.4, -0.2) is 21.8 Å². The first kappa shape index (κ1) is 21.1. The van der Waals surface area contributed by atoms with Crippen LogP contribution < -0.4 is 5.32 Å². The Morgan fingerprint density at radius 3 is 2.39 bits per heavy atom. The van der Waals surface area contributed by atoms with Crippen LogP contribution in [0.5, 0.6) is 0 Å². The van der Waals surface area contributed by atoms with E-state index < -0.39 is 11.7 Å². The molecule has 1 saturated carbocycles. The highest BCUT2D eigenvalue weighted by molar-refractivity contribution is 5.91. The molecule has 1 aliphatic carbocycles. The van der Waals surface area contributed by atoms with Crippen molar-refractivity contribution in [1.82, 2.24) is 15.2 Å². The van der Waals surface area contributed by atoms with Crippen molar-refractivity contribution in [2.75, 3.05) is 0 Å². The summed E-state index contributed by atoms with van der Waals surface area (Å²) >= 11 is 0. The second kappa shape index (κ2) is 8.93. The van der Waals surface area contributed by atoms with Crippen molar-refractivity contribution in [3.8, 4) is 0 Å².